The molecule has 2 aromatic rings. The average Bonchev–Trinajstić information content (AvgIpc) is 2.97. The van der Waals surface area contributed by atoms with E-state index in [0.29, 0.717) is 11.7 Å². The van der Waals surface area contributed by atoms with Gasteiger partial charge in [0.2, 0.25) is 5.89 Å². The Hall–Kier alpha value is -1.71. The van der Waals surface area contributed by atoms with Crippen molar-refractivity contribution in [3.05, 3.63) is 47.4 Å². The summed E-state index contributed by atoms with van der Waals surface area (Å²) < 4.78 is 17.9. The smallest absolute Gasteiger partial charge is 0.226 e. The number of nitrogens with one attached hydrogen (secondary N) is 2. The van der Waals surface area contributed by atoms with Crippen LogP contribution >= 0.6 is 24.0 Å². The Balaban J connectivity index is 0.00000288. The van der Waals surface area contributed by atoms with Crippen molar-refractivity contribution in [1.29, 1.82) is 0 Å². The minimum atomic E-state index is -0.212. The Kier molecular flexibility index (Phi) is 9.28. The van der Waals surface area contributed by atoms with Gasteiger partial charge in [0, 0.05) is 26.6 Å². The van der Waals surface area contributed by atoms with Crippen LogP contribution in [-0.2, 0) is 12.8 Å². The first-order chi connectivity index (χ1) is 11.2. The van der Waals surface area contributed by atoms with Gasteiger partial charge in [-0.1, -0.05) is 17.3 Å². The highest BCUT2D eigenvalue weighted by atomic mass is 127. The lowest BCUT2D eigenvalue weighted by Crippen LogP contribution is -2.38. The summed E-state index contributed by atoms with van der Waals surface area (Å²) in [4.78, 5) is 8.32. The molecule has 1 heterocycles. The molecule has 0 atom stereocenters. The molecule has 0 saturated heterocycles. The van der Waals surface area contributed by atoms with Crippen molar-refractivity contribution in [3.8, 4) is 0 Å². The Morgan fingerprint density at radius 3 is 2.50 bits per heavy atom. The molecule has 0 aliphatic rings. The molecule has 0 aliphatic carbocycles. The summed E-state index contributed by atoms with van der Waals surface area (Å²) >= 11 is 0. The van der Waals surface area contributed by atoms with Crippen LogP contribution in [0.4, 0.5) is 4.39 Å². The molecule has 0 radical (unpaired) electrons. The highest BCUT2D eigenvalue weighted by molar-refractivity contribution is 14.0. The maximum Gasteiger partial charge on any atom is 0.226 e. The van der Waals surface area contributed by atoms with Gasteiger partial charge < -0.3 is 15.2 Å². The largest absolute Gasteiger partial charge is 0.356 e. The third-order valence-corrected chi connectivity index (χ3v) is 3.27. The molecule has 2 rings (SSSR count). The van der Waals surface area contributed by atoms with Crippen LogP contribution in [0.2, 0.25) is 0 Å². The van der Waals surface area contributed by atoms with Gasteiger partial charge in [-0.15, -0.1) is 24.0 Å². The molecular formula is C16H23FIN5O. The highest BCUT2D eigenvalue weighted by Gasteiger charge is 2.03. The van der Waals surface area contributed by atoms with Gasteiger partial charge in [-0.3, -0.25) is 4.99 Å². The van der Waals surface area contributed by atoms with Crippen LogP contribution in [0.25, 0.3) is 0 Å². The van der Waals surface area contributed by atoms with Crippen molar-refractivity contribution in [2.75, 3.05) is 20.1 Å². The normalized spacial score (nSPS) is 11.0. The summed E-state index contributed by atoms with van der Waals surface area (Å²) in [6.45, 7) is 3.30. The van der Waals surface area contributed by atoms with E-state index in [1.165, 1.54) is 12.1 Å². The first-order valence-corrected chi connectivity index (χ1v) is 7.65. The second-order valence-corrected chi connectivity index (χ2v) is 5.14. The Labute approximate surface area is 158 Å². The fourth-order valence-corrected chi connectivity index (χ4v) is 2.08. The first kappa shape index (κ1) is 20.3. The predicted octanol–water partition coefficient (Wildman–Crippen LogP) is 2.48. The van der Waals surface area contributed by atoms with Gasteiger partial charge in [0.15, 0.2) is 11.8 Å². The van der Waals surface area contributed by atoms with Crippen molar-refractivity contribution >= 4 is 29.9 Å². The third-order valence-electron chi connectivity index (χ3n) is 3.27. The first-order valence-electron chi connectivity index (χ1n) is 7.65. The van der Waals surface area contributed by atoms with Gasteiger partial charge in [0.25, 0.3) is 0 Å². The fraction of sp³-hybridized carbons (Fsp3) is 0.438. The standard InChI is InChI=1S/C16H22FN5O.HI/c1-12-21-15(23-22-12)4-3-10-19-16(18-2)20-11-9-13-5-7-14(17)8-6-13;/h5-8H,3-4,9-11H2,1-2H3,(H2,18,19,20);1H. The van der Waals surface area contributed by atoms with Gasteiger partial charge >= 0.3 is 0 Å². The van der Waals surface area contributed by atoms with Gasteiger partial charge in [-0.2, -0.15) is 4.98 Å². The summed E-state index contributed by atoms with van der Waals surface area (Å²) in [5.41, 5.74) is 1.08. The molecule has 1 aromatic heterocycles. The molecular weight excluding hydrogens is 424 g/mol. The zero-order valence-corrected chi connectivity index (χ0v) is 16.2. The number of aromatic nitrogens is 2. The molecule has 132 valence electrons. The lowest BCUT2D eigenvalue weighted by Gasteiger charge is -2.11. The SMILES string of the molecule is CN=C(NCCCc1nc(C)no1)NCCc1ccc(F)cc1.I. The molecule has 8 heteroatoms. The minimum Gasteiger partial charge on any atom is -0.356 e. The third kappa shape index (κ3) is 7.24. The van der Waals surface area contributed by atoms with Crippen LogP contribution in [0.5, 0.6) is 0 Å². The van der Waals surface area contributed by atoms with Gasteiger partial charge in [0.05, 0.1) is 0 Å². The van der Waals surface area contributed by atoms with E-state index >= 15 is 0 Å². The van der Waals surface area contributed by atoms with Gasteiger partial charge in [-0.25, -0.2) is 4.39 Å². The number of aryl methyl sites for hydroxylation is 2. The topological polar surface area (TPSA) is 75.3 Å². The van der Waals surface area contributed by atoms with Crippen LogP contribution in [0.15, 0.2) is 33.8 Å². The van der Waals surface area contributed by atoms with E-state index in [-0.39, 0.29) is 29.8 Å². The van der Waals surface area contributed by atoms with E-state index in [1.807, 2.05) is 0 Å². The van der Waals surface area contributed by atoms with E-state index in [2.05, 4.69) is 25.8 Å². The minimum absolute atomic E-state index is 0. The summed E-state index contributed by atoms with van der Waals surface area (Å²) in [6.07, 6.45) is 2.42. The second kappa shape index (κ2) is 11.0. The second-order valence-electron chi connectivity index (χ2n) is 5.14. The zero-order valence-electron chi connectivity index (χ0n) is 13.9. The molecule has 2 N–H and O–H groups in total. The highest BCUT2D eigenvalue weighted by Crippen LogP contribution is 2.02. The zero-order chi connectivity index (χ0) is 16.5. The maximum atomic E-state index is 12.8. The van der Waals surface area contributed by atoms with E-state index < -0.39 is 0 Å². The number of hydrogen-bond donors (Lipinski definition) is 2. The monoisotopic (exact) mass is 447 g/mol. The Morgan fingerprint density at radius 2 is 1.88 bits per heavy atom. The number of benzene rings is 1. The number of guanidine groups is 1. The Bertz CT molecular complexity index is 630. The molecule has 0 saturated carbocycles. The van der Waals surface area contributed by atoms with Crippen LogP contribution < -0.4 is 10.6 Å². The van der Waals surface area contributed by atoms with Crippen molar-refractivity contribution in [1.82, 2.24) is 20.8 Å². The number of rotatable bonds is 7. The molecule has 6 nitrogen and oxygen atoms in total. The van der Waals surface area contributed by atoms with Crippen LogP contribution in [0.3, 0.4) is 0 Å². The number of hydrogen-bond acceptors (Lipinski definition) is 4. The number of aliphatic imine (C=N–C) groups is 1. The molecule has 0 unspecified atom stereocenters. The average molecular weight is 447 g/mol. The van der Waals surface area contributed by atoms with E-state index in [1.54, 1.807) is 26.1 Å². The maximum absolute atomic E-state index is 12.8. The summed E-state index contributed by atoms with van der Waals surface area (Å²) in [6, 6.07) is 6.53. The van der Waals surface area contributed by atoms with E-state index in [4.69, 9.17) is 4.52 Å². The summed E-state index contributed by atoms with van der Waals surface area (Å²) in [7, 11) is 1.73. The number of halogens is 2. The lowest BCUT2D eigenvalue weighted by atomic mass is 10.1. The van der Waals surface area contributed by atoms with Crippen LogP contribution in [0, 0.1) is 12.7 Å². The van der Waals surface area contributed by atoms with Gasteiger partial charge in [-0.05, 0) is 37.5 Å². The quantitative estimate of drug-likeness (QED) is 0.295. The molecule has 1 aromatic carbocycles. The Morgan fingerprint density at radius 1 is 1.17 bits per heavy atom. The molecule has 0 bridgehead atoms. The fourth-order valence-electron chi connectivity index (χ4n) is 2.08. The summed E-state index contributed by atoms with van der Waals surface area (Å²) in [5, 5.41) is 10.2. The van der Waals surface area contributed by atoms with Crippen molar-refractivity contribution < 1.29 is 8.91 Å². The molecule has 24 heavy (non-hydrogen) atoms. The molecule has 0 fully saturated rings. The van der Waals surface area contributed by atoms with Crippen LogP contribution in [0.1, 0.15) is 23.7 Å². The summed E-state index contributed by atoms with van der Waals surface area (Å²) in [5.74, 6) is 1.85. The molecule has 0 spiro atoms. The van der Waals surface area contributed by atoms with Gasteiger partial charge in [0.1, 0.15) is 5.82 Å². The molecule has 0 amide bonds. The molecule has 0 aliphatic heterocycles. The lowest BCUT2D eigenvalue weighted by molar-refractivity contribution is 0.372. The number of nitrogens with zero attached hydrogens (tertiary/aromatic N) is 3. The van der Waals surface area contributed by atoms with E-state index in [9.17, 15) is 4.39 Å². The van der Waals surface area contributed by atoms with Crippen molar-refractivity contribution in [3.63, 3.8) is 0 Å². The predicted molar refractivity (Wildman–Crippen MR) is 102 cm³/mol. The van der Waals surface area contributed by atoms with Crippen molar-refractivity contribution in [2.24, 2.45) is 4.99 Å². The van der Waals surface area contributed by atoms with Crippen molar-refractivity contribution in [2.45, 2.75) is 26.2 Å². The van der Waals surface area contributed by atoms with Crippen LogP contribution in [-0.4, -0.2) is 36.2 Å². The van der Waals surface area contributed by atoms with E-state index in [0.717, 1.165) is 43.9 Å².